The summed E-state index contributed by atoms with van der Waals surface area (Å²) < 4.78 is 24.1. The van der Waals surface area contributed by atoms with Crippen LogP contribution in [0.3, 0.4) is 0 Å². The maximum absolute atomic E-state index is 13.3. The van der Waals surface area contributed by atoms with Crippen LogP contribution in [-0.2, 0) is 14.3 Å². The van der Waals surface area contributed by atoms with Crippen LogP contribution in [0.4, 0.5) is 10.1 Å². The van der Waals surface area contributed by atoms with Crippen LogP contribution in [0.5, 0.6) is 0 Å². The smallest absolute Gasteiger partial charge is 0.338 e. The molecular formula is C24H27FN2O4S. The number of aryl methyl sites for hydroxylation is 1. The largest absolute Gasteiger partial charge is 0.461 e. The fourth-order valence-electron chi connectivity index (χ4n) is 4.15. The Morgan fingerprint density at radius 2 is 2.00 bits per heavy atom. The Morgan fingerprint density at radius 1 is 1.22 bits per heavy atom. The quantitative estimate of drug-likeness (QED) is 0.589. The van der Waals surface area contributed by atoms with Gasteiger partial charge in [-0.25, -0.2) is 9.18 Å². The number of carbonyl (C=O) groups excluding carboxylic acids is 2. The highest BCUT2D eigenvalue weighted by atomic mass is 32.2. The van der Waals surface area contributed by atoms with E-state index >= 15 is 0 Å². The topological polar surface area (TPSA) is 59.1 Å². The number of benzene rings is 2. The minimum atomic E-state index is -0.376. The molecule has 2 fully saturated rings. The van der Waals surface area contributed by atoms with E-state index in [2.05, 4.69) is 4.90 Å². The molecule has 0 aliphatic carbocycles. The zero-order valence-electron chi connectivity index (χ0n) is 18.3. The number of ether oxygens (including phenoxy) is 2. The predicted octanol–water partition coefficient (Wildman–Crippen LogP) is 3.79. The van der Waals surface area contributed by atoms with Gasteiger partial charge < -0.3 is 9.47 Å². The van der Waals surface area contributed by atoms with Crippen LogP contribution in [0, 0.1) is 12.7 Å². The summed E-state index contributed by atoms with van der Waals surface area (Å²) in [5.41, 5.74) is 2.88. The number of rotatable bonds is 7. The summed E-state index contributed by atoms with van der Waals surface area (Å²) in [7, 11) is 1.72. The highest BCUT2D eigenvalue weighted by molar-refractivity contribution is 8.00. The minimum Gasteiger partial charge on any atom is -0.461 e. The molecule has 1 amide bonds. The number of thioether (sulfide) groups is 1. The first-order chi connectivity index (χ1) is 15.5. The standard InChI is InChI=1S/C24H27FN2O4S/c1-16-13-18(24(29)31-12-11-26-10-9-20(14-26)30-2)5-8-21(16)27-22(28)15-32-23(27)17-3-6-19(25)7-4-17/h3-8,13,20,23H,9-12,14-15H2,1-2H3/t20-,23?/m1/s1. The first-order valence-corrected chi connectivity index (χ1v) is 11.7. The molecule has 0 saturated carbocycles. The number of hydrogen-bond acceptors (Lipinski definition) is 6. The van der Waals surface area contributed by atoms with Crippen molar-refractivity contribution in [3.05, 3.63) is 65.0 Å². The Kier molecular flexibility index (Phi) is 7.13. The monoisotopic (exact) mass is 458 g/mol. The third-order valence-corrected chi connectivity index (χ3v) is 7.13. The molecule has 6 nitrogen and oxygen atoms in total. The van der Waals surface area contributed by atoms with Crippen molar-refractivity contribution in [2.24, 2.45) is 0 Å². The second kappa shape index (κ2) is 10.0. The number of likely N-dealkylation sites (tertiary alicyclic amines) is 1. The summed E-state index contributed by atoms with van der Waals surface area (Å²) in [4.78, 5) is 29.1. The number of halogens is 1. The molecule has 8 heteroatoms. The number of hydrogen-bond donors (Lipinski definition) is 0. The molecular weight excluding hydrogens is 431 g/mol. The summed E-state index contributed by atoms with van der Waals surface area (Å²) in [6.07, 6.45) is 1.25. The first-order valence-electron chi connectivity index (χ1n) is 10.7. The van der Waals surface area contributed by atoms with E-state index in [0.717, 1.165) is 36.3 Å². The summed E-state index contributed by atoms with van der Waals surface area (Å²) in [5.74, 6) is -0.342. The van der Waals surface area contributed by atoms with Crippen LogP contribution in [0.2, 0.25) is 0 Å². The second-order valence-electron chi connectivity index (χ2n) is 8.06. The lowest BCUT2D eigenvalue weighted by atomic mass is 10.1. The molecule has 1 unspecified atom stereocenters. The molecule has 2 atom stereocenters. The van der Waals surface area contributed by atoms with E-state index in [1.807, 2.05) is 6.92 Å². The molecule has 170 valence electrons. The van der Waals surface area contributed by atoms with E-state index in [9.17, 15) is 14.0 Å². The zero-order valence-corrected chi connectivity index (χ0v) is 19.1. The molecule has 0 spiro atoms. The van der Waals surface area contributed by atoms with Crippen LogP contribution in [0.15, 0.2) is 42.5 Å². The molecule has 2 aromatic carbocycles. The van der Waals surface area contributed by atoms with Gasteiger partial charge in [0.25, 0.3) is 0 Å². The van der Waals surface area contributed by atoms with Gasteiger partial charge in [0.05, 0.1) is 17.4 Å². The number of amides is 1. The van der Waals surface area contributed by atoms with E-state index < -0.39 is 0 Å². The van der Waals surface area contributed by atoms with Crippen LogP contribution >= 0.6 is 11.8 Å². The highest BCUT2D eigenvalue weighted by Crippen LogP contribution is 2.42. The molecule has 2 aliphatic heterocycles. The SMILES string of the molecule is CO[C@@H]1CCN(CCOC(=O)c2ccc(N3C(=O)CSC3c3ccc(F)cc3)c(C)c2)C1. The van der Waals surface area contributed by atoms with Crippen molar-refractivity contribution in [2.75, 3.05) is 44.0 Å². The van der Waals surface area contributed by atoms with Crippen molar-refractivity contribution in [3.63, 3.8) is 0 Å². The zero-order chi connectivity index (χ0) is 22.7. The van der Waals surface area contributed by atoms with Crippen LogP contribution in [0.1, 0.15) is 33.3 Å². The minimum absolute atomic E-state index is 0.0114. The fraction of sp³-hybridized carbons (Fsp3) is 0.417. The normalized spacial score (nSPS) is 21.3. The third-order valence-electron chi connectivity index (χ3n) is 5.92. The van der Waals surface area contributed by atoms with Crippen LogP contribution < -0.4 is 4.90 Å². The van der Waals surface area contributed by atoms with Gasteiger partial charge >= 0.3 is 5.97 Å². The summed E-state index contributed by atoms with van der Waals surface area (Å²) in [6, 6.07) is 11.5. The van der Waals surface area contributed by atoms with Gasteiger partial charge in [0.1, 0.15) is 17.8 Å². The first kappa shape index (κ1) is 22.8. The molecule has 0 aromatic heterocycles. The Labute approximate surface area is 191 Å². The Morgan fingerprint density at radius 3 is 2.69 bits per heavy atom. The molecule has 0 radical (unpaired) electrons. The van der Waals surface area contributed by atoms with Gasteiger partial charge in [-0.15, -0.1) is 11.8 Å². The maximum Gasteiger partial charge on any atom is 0.338 e. The lowest BCUT2D eigenvalue weighted by Gasteiger charge is -2.26. The van der Waals surface area contributed by atoms with Crippen molar-refractivity contribution in [1.29, 1.82) is 0 Å². The lowest BCUT2D eigenvalue weighted by Crippen LogP contribution is -2.29. The van der Waals surface area contributed by atoms with Gasteiger partial charge in [-0.05, 0) is 54.8 Å². The molecule has 2 aliphatic rings. The van der Waals surface area contributed by atoms with Crippen molar-refractivity contribution in [3.8, 4) is 0 Å². The summed E-state index contributed by atoms with van der Waals surface area (Å²) in [6.45, 7) is 4.69. The Balaban J connectivity index is 1.41. The van der Waals surface area contributed by atoms with Crippen LogP contribution in [0.25, 0.3) is 0 Å². The molecule has 4 rings (SSSR count). The fourth-order valence-corrected chi connectivity index (χ4v) is 5.32. The van der Waals surface area contributed by atoms with Crippen molar-refractivity contribution >= 4 is 29.3 Å². The van der Waals surface area contributed by atoms with Crippen LogP contribution in [-0.4, -0.2) is 62.0 Å². The van der Waals surface area contributed by atoms with Gasteiger partial charge in [0.2, 0.25) is 5.91 Å². The van der Waals surface area contributed by atoms with Gasteiger partial charge in [0.15, 0.2) is 0 Å². The predicted molar refractivity (Wildman–Crippen MR) is 122 cm³/mol. The number of nitrogens with zero attached hydrogens (tertiary/aromatic N) is 2. The van der Waals surface area contributed by atoms with Gasteiger partial charge in [-0.1, -0.05) is 12.1 Å². The average Bonchev–Trinajstić information content (AvgIpc) is 3.41. The molecule has 32 heavy (non-hydrogen) atoms. The lowest BCUT2D eigenvalue weighted by molar-refractivity contribution is -0.115. The van der Waals surface area contributed by atoms with E-state index in [4.69, 9.17) is 9.47 Å². The molecule has 0 N–H and O–H groups in total. The van der Waals surface area contributed by atoms with Gasteiger partial charge in [-0.2, -0.15) is 0 Å². The molecule has 0 bridgehead atoms. The average molecular weight is 459 g/mol. The molecule has 2 aromatic rings. The summed E-state index contributed by atoms with van der Waals surface area (Å²) >= 11 is 1.51. The number of esters is 1. The maximum atomic E-state index is 13.3. The van der Waals surface area contributed by atoms with Gasteiger partial charge in [0, 0.05) is 32.4 Å². The molecule has 2 saturated heterocycles. The van der Waals surface area contributed by atoms with E-state index in [-0.39, 0.29) is 29.2 Å². The number of anilines is 1. The number of carbonyl (C=O) groups is 2. The van der Waals surface area contributed by atoms with E-state index in [1.165, 1.54) is 23.9 Å². The van der Waals surface area contributed by atoms with Crippen molar-refractivity contribution < 1.29 is 23.5 Å². The highest BCUT2D eigenvalue weighted by Gasteiger charge is 2.35. The Bertz CT molecular complexity index is 984. The number of methoxy groups -OCH3 is 1. The summed E-state index contributed by atoms with van der Waals surface area (Å²) in [5, 5.41) is -0.226. The van der Waals surface area contributed by atoms with Crippen molar-refractivity contribution in [1.82, 2.24) is 4.90 Å². The third kappa shape index (κ3) is 4.98. The molecule has 2 heterocycles. The van der Waals surface area contributed by atoms with Gasteiger partial charge in [-0.3, -0.25) is 14.6 Å². The Hall–Kier alpha value is -2.42. The van der Waals surface area contributed by atoms with Crippen molar-refractivity contribution in [2.45, 2.75) is 24.8 Å². The van der Waals surface area contributed by atoms with E-state index in [0.29, 0.717) is 24.5 Å². The van der Waals surface area contributed by atoms with E-state index in [1.54, 1.807) is 42.3 Å². The second-order valence-corrected chi connectivity index (χ2v) is 9.13.